The van der Waals surface area contributed by atoms with Crippen molar-refractivity contribution in [2.75, 3.05) is 0 Å². The van der Waals surface area contributed by atoms with Crippen molar-refractivity contribution in [1.82, 2.24) is 14.8 Å². The largest absolute Gasteiger partial charge is 0.481 e. The molecule has 7 heteroatoms. The Morgan fingerprint density at radius 3 is 2.62 bits per heavy atom. The van der Waals surface area contributed by atoms with E-state index in [0.29, 0.717) is 17.5 Å². The first kappa shape index (κ1) is 15.4. The number of aromatic amines is 1. The highest BCUT2D eigenvalue weighted by Crippen LogP contribution is 2.20. The molecule has 0 atom stereocenters. The van der Waals surface area contributed by atoms with Gasteiger partial charge < -0.3 is 5.11 Å². The number of nitrogens with one attached hydrogen (secondary N) is 1. The molecule has 112 valence electrons. The predicted octanol–water partition coefficient (Wildman–Crippen LogP) is 1.90. The summed E-state index contributed by atoms with van der Waals surface area (Å²) in [6, 6.07) is 7.43. The topological polar surface area (TPSA) is 88.0 Å². The van der Waals surface area contributed by atoms with Crippen LogP contribution in [0.15, 0.2) is 34.2 Å². The normalized spacial score (nSPS) is 10.7. The molecule has 0 amide bonds. The van der Waals surface area contributed by atoms with Gasteiger partial charge in [0.25, 0.3) is 0 Å². The fraction of sp³-hybridized carbons (Fsp3) is 0.357. The van der Waals surface area contributed by atoms with Crippen LogP contribution in [0.1, 0.15) is 24.5 Å². The molecule has 0 aliphatic rings. The first-order valence-electron chi connectivity index (χ1n) is 6.67. The van der Waals surface area contributed by atoms with Crippen molar-refractivity contribution in [1.29, 1.82) is 0 Å². The molecule has 0 aliphatic carbocycles. The summed E-state index contributed by atoms with van der Waals surface area (Å²) < 4.78 is 1.63. The Hall–Kier alpha value is -2.02. The highest BCUT2D eigenvalue weighted by molar-refractivity contribution is 7.98. The summed E-state index contributed by atoms with van der Waals surface area (Å²) in [5.74, 6) is -0.154. The molecule has 6 nitrogen and oxygen atoms in total. The van der Waals surface area contributed by atoms with Crippen LogP contribution in [0, 0.1) is 0 Å². The maximum atomic E-state index is 11.6. The molecule has 0 spiro atoms. The standard InChI is InChI=1S/C14H17N3O3S/c1-2-7-17-13(20)15-16-14(17)21-9-11-5-3-10(4-6-11)8-12(18)19/h3-6H,2,7-9H2,1H3,(H,15,20)(H,18,19). The second-order valence-electron chi connectivity index (χ2n) is 4.64. The van der Waals surface area contributed by atoms with E-state index in [-0.39, 0.29) is 12.1 Å². The second-order valence-corrected chi connectivity index (χ2v) is 5.58. The summed E-state index contributed by atoms with van der Waals surface area (Å²) in [6.07, 6.45) is 0.902. The molecule has 0 radical (unpaired) electrons. The molecule has 1 heterocycles. The Balaban J connectivity index is 2.00. The van der Waals surface area contributed by atoms with Gasteiger partial charge in [0.2, 0.25) is 0 Å². The van der Waals surface area contributed by atoms with Gasteiger partial charge >= 0.3 is 11.7 Å². The van der Waals surface area contributed by atoms with Gasteiger partial charge in [0.15, 0.2) is 5.16 Å². The average Bonchev–Trinajstić information content (AvgIpc) is 2.79. The van der Waals surface area contributed by atoms with Gasteiger partial charge in [-0.15, -0.1) is 5.10 Å². The fourth-order valence-corrected chi connectivity index (χ4v) is 2.84. The third-order valence-corrected chi connectivity index (χ3v) is 3.96. The van der Waals surface area contributed by atoms with E-state index in [2.05, 4.69) is 10.2 Å². The molecule has 21 heavy (non-hydrogen) atoms. The zero-order valence-electron chi connectivity index (χ0n) is 11.7. The first-order valence-corrected chi connectivity index (χ1v) is 7.66. The number of aliphatic carboxylic acids is 1. The zero-order valence-corrected chi connectivity index (χ0v) is 12.5. The minimum Gasteiger partial charge on any atom is -0.481 e. The maximum absolute atomic E-state index is 11.6. The van der Waals surface area contributed by atoms with Gasteiger partial charge in [-0.1, -0.05) is 43.0 Å². The fourth-order valence-electron chi connectivity index (χ4n) is 1.91. The minimum absolute atomic E-state index is 0.0306. The quantitative estimate of drug-likeness (QED) is 0.763. The number of hydrogen-bond donors (Lipinski definition) is 2. The molecule has 2 N–H and O–H groups in total. The highest BCUT2D eigenvalue weighted by Gasteiger charge is 2.08. The summed E-state index contributed by atoms with van der Waals surface area (Å²) in [4.78, 5) is 22.2. The monoisotopic (exact) mass is 307 g/mol. The number of carbonyl (C=O) groups is 1. The molecular weight excluding hydrogens is 290 g/mol. The Morgan fingerprint density at radius 1 is 1.33 bits per heavy atom. The zero-order chi connectivity index (χ0) is 15.2. The number of aromatic nitrogens is 3. The molecule has 0 unspecified atom stereocenters. The lowest BCUT2D eigenvalue weighted by molar-refractivity contribution is -0.136. The van der Waals surface area contributed by atoms with Gasteiger partial charge in [-0.25, -0.2) is 9.89 Å². The molecule has 0 saturated heterocycles. The molecular formula is C14H17N3O3S. The number of carboxylic acid groups (broad SMARTS) is 1. The molecule has 0 fully saturated rings. The van der Waals surface area contributed by atoms with Crippen molar-refractivity contribution in [3.63, 3.8) is 0 Å². The van der Waals surface area contributed by atoms with Gasteiger partial charge in [0.05, 0.1) is 6.42 Å². The highest BCUT2D eigenvalue weighted by atomic mass is 32.2. The van der Waals surface area contributed by atoms with Gasteiger partial charge in [-0.05, 0) is 17.5 Å². The third kappa shape index (κ3) is 4.22. The van der Waals surface area contributed by atoms with Crippen LogP contribution >= 0.6 is 11.8 Å². The van der Waals surface area contributed by atoms with E-state index in [4.69, 9.17) is 5.11 Å². The van der Waals surface area contributed by atoms with E-state index in [1.54, 1.807) is 4.57 Å². The number of hydrogen-bond acceptors (Lipinski definition) is 4. The molecule has 1 aromatic carbocycles. The molecule has 0 saturated carbocycles. The van der Waals surface area contributed by atoms with Crippen molar-refractivity contribution >= 4 is 17.7 Å². The van der Waals surface area contributed by atoms with Crippen LogP contribution in [0.5, 0.6) is 0 Å². The molecule has 0 aliphatic heterocycles. The van der Waals surface area contributed by atoms with E-state index in [9.17, 15) is 9.59 Å². The summed E-state index contributed by atoms with van der Waals surface area (Å²) >= 11 is 1.48. The predicted molar refractivity (Wildman–Crippen MR) is 80.5 cm³/mol. The van der Waals surface area contributed by atoms with E-state index < -0.39 is 5.97 Å². The van der Waals surface area contributed by atoms with Crippen molar-refractivity contribution in [3.05, 3.63) is 45.9 Å². The average molecular weight is 307 g/mol. The summed E-state index contributed by atoms with van der Waals surface area (Å²) in [6.45, 7) is 2.66. The van der Waals surface area contributed by atoms with E-state index in [0.717, 1.165) is 17.5 Å². The lowest BCUT2D eigenvalue weighted by Gasteiger charge is -2.04. The Bertz CT molecular complexity index is 661. The van der Waals surface area contributed by atoms with Crippen molar-refractivity contribution in [3.8, 4) is 0 Å². The van der Waals surface area contributed by atoms with Crippen LogP contribution < -0.4 is 5.69 Å². The van der Waals surface area contributed by atoms with Crippen LogP contribution in [0.4, 0.5) is 0 Å². The number of thioether (sulfide) groups is 1. The van der Waals surface area contributed by atoms with Crippen LogP contribution in [0.25, 0.3) is 0 Å². The maximum Gasteiger partial charge on any atom is 0.343 e. The lowest BCUT2D eigenvalue weighted by atomic mass is 10.1. The first-order chi connectivity index (χ1) is 10.1. The smallest absolute Gasteiger partial charge is 0.343 e. The number of H-pyrrole nitrogens is 1. The van der Waals surface area contributed by atoms with Crippen LogP contribution in [-0.2, 0) is 23.5 Å². The molecule has 2 aromatic rings. The van der Waals surface area contributed by atoms with E-state index in [1.165, 1.54) is 11.8 Å². The van der Waals surface area contributed by atoms with E-state index >= 15 is 0 Å². The number of benzene rings is 1. The van der Waals surface area contributed by atoms with Gasteiger partial charge in [-0.3, -0.25) is 9.36 Å². The number of nitrogens with zero attached hydrogens (tertiary/aromatic N) is 2. The molecule has 1 aromatic heterocycles. The number of rotatable bonds is 7. The minimum atomic E-state index is -0.836. The number of carboxylic acids is 1. The van der Waals surface area contributed by atoms with Gasteiger partial charge in [-0.2, -0.15) is 0 Å². The van der Waals surface area contributed by atoms with E-state index in [1.807, 2.05) is 31.2 Å². The van der Waals surface area contributed by atoms with Crippen molar-refractivity contribution in [2.24, 2.45) is 0 Å². The summed E-state index contributed by atoms with van der Waals surface area (Å²) in [5.41, 5.74) is 1.66. The Labute approximate surface area is 126 Å². The lowest BCUT2D eigenvalue weighted by Crippen LogP contribution is -2.17. The summed E-state index contributed by atoms with van der Waals surface area (Å²) in [5, 5.41) is 15.9. The van der Waals surface area contributed by atoms with Crippen molar-refractivity contribution < 1.29 is 9.90 Å². The summed E-state index contributed by atoms with van der Waals surface area (Å²) in [7, 11) is 0. The molecule has 0 bridgehead atoms. The Kier molecular flexibility index (Phi) is 5.21. The SMILES string of the molecule is CCCn1c(SCc2ccc(CC(=O)O)cc2)n[nH]c1=O. The Morgan fingerprint density at radius 2 is 2.00 bits per heavy atom. The van der Waals surface area contributed by atoms with Crippen LogP contribution in [0.2, 0.25) is 0 Å². The van der Waals surface area contributed by atoms with Crippen LogP contribution in [-0.4, -0.2) is 25.8 Å². The van der Waals surface area contributed by atoms with Gasteiger partial charge in [0, 0.05) is 12.3 Å². The molecule has 2 rings (SSSR count). The van der Waals surface area contributed by atoms with Crippen molar-refractivity contribution in [2.45, 2.75) is 37.2 Å². The third-order valence-electron chi connectivity index (χ3n) is 2.92. The van der Waals surface area contributed by atoms with Gasteiger partial charge in [0.1, 0.15) is 0 Å². The second kappa shape index (κ2) is 7.12. The van der Waals surface area contributed by atoms with Crippen LogP contribution in [0.3, 0.4) is 0 Å².